The number of thioether (sulfide) groups is 1. The number of fused-ring (bicyclic) bond motifs is 1. The fraction of sp³-hybridized carbons (Fsp3) is 0.258. The largest absolute Gasteiger partial charge is 0.497 e. The van der Waals surface area contributed by atoms with E-state index in [0.29, 0.717) is 46.9 Å². The minimum atomic E-state index is -0.401. The van der Waals surface area contributed by atoms with Crippen LogP contribution in [0.15, 0.2) is 72.8 Å². The molecule has 0 radical (unpaired) electrons. The number of nitrogens with zero attached hydrogens (tertiary/aromatic N) is 3. The number of nitrogens with one attached hydrogen (secondary N) is 1. The second-order valence-electron chi connectivity index (χ2n) is 9.44. The third-order valence-corrected chi connectivity index (χ3v) is 8.42. The van der Waals surface area contributed by atoms with Gasteiger partial charge in [0.2, 0.25) is 11.8 Å². The lowest BCUT2D eigenvalue weighted by Crippen LogP contribution is -2.43. The highest BCUT2D eigenvalue weighted by atomic mass is 35.5. The molecule has 1 aliphatic heterocycles. The van der Waals surface area contributed by atoms with Gasteiger partial charge in [-0.25, -0.2) is 4.68 Å². The molecule has 0 saturated heterocycles. The van der Waals surface area contributed by atoms with Crippen molar-refractivity contribution >= 4 is 41.0 Å². The van der Waals surface area contributed by atoms with Crippen molar-refractivity contribution in [3.05, 3.63) is 88.9 Å². The van der Waals surface area contributed by atoms with Crippen LogP contribution in [0, 0.1) is 0 Å². The van der Waals surface area contributed by atoms with Crippen molar-refractivity contribution in [1.82, 2.24) is 15.1 Å². The van der Waals surface area contributed by atoms with E-state index < -0.39 is 5.25 Å². The number of hydrogen-bond acceptors (Lipinski definition) is 7. The van der Waals surface area contributed by atoms with Gasteiger partial charge in [0.15, 0.2) is 0 Å². The van der Waals surface area contributed by atoms with Gasteiger partial charge >= 0.3 is 0 Å². The molecule has 2 amide bonds. The van der Waals surface area contributed by atoms with Crippen LogP contribution in [0.2, 0.25) is 5.02 Å². The molecule has 42 heavy (non-hydrogen) atoms. The van der Waals surface area contributed by atoms with E-state index in [0.717, 1.165) is 16.7 Å². The van der Waals surface area contributed by atoms with Gasteiger partial charge in [0.25, 0.3) is 0 Å². The summed E-state index contributed by atoms with van der Waals surface area (Å²) in [5.74, 6) is 1.32. The van der Waals surface area contributed by atoms with Gasteiger partial charge in [-0.3, -0.25) is 14.5 Å². The maximum atomic E-state index is 13.9. The van der Waals surface area contributed by atoms with Crippen molar-refractivity contribution in [2.24, 2.45) is 0 Å². The van der Waals surface area contributed by atoms with Gasteiger partial charge in [-0.1, -0.05) is 54.1 Å². The average molecular weight is 607 g/mol. The molecule has 0 aliphatic carbocycles. The molecule has 9 nitrogen and oxygen atoms in total. The number of rotatable bonds is 10. The van der Waals surface area contributed by atoms with Crippen molar-refractivity contribution in [3.63, 3.8) is 0 Å². The Hall–Kier alpha value is -3.99. The van der Waals surface area contributed by atoms with E-state index in [1.165, 1.54) is 16.7 Å². The number of carbonyl (C=O) groups is 2. The molecular formula is C31H31ClN4O5S. The van der Waals surface area contributed by atoms with Gasteiger partial charge in [0, 0.05) is 30.3 Å². The topological polar surface area (TPSA) is 94.9 Å². The number of halogens is 1. The summed E-state index contributed by atoms with van der Waals surface area (Å²) in [6, 6.07) is 22.6. The van der Waals surface area contributed by atoms with E-state index in [2.05, 4.69) is 5.32 Å². The predicted molar refractivity (Wildman–Crippen MR) is 165 cm³/mol. The van der Waals surface area contributed by atoms with Gasteiger partial charge in [0.05, 0.1) is 48.2 Å². The summed E-state index contributed by atoms with van der Waals surface area (Å²) in [5, 5.41) is 7.96. The van der Waals surface area contributed by atoms with Crippen LogP contribution in [0.5, 0.6) is 11.5 Å². The van der Waals surface area contributed by atoms with Crippen LogP contribution in [0.3, 0.4) is 0 Å². The first kappa shape index (κ1) is 29.5. The van der Waals surface area contributed by atoms with Crippen molar-refractivity contribution in [2.75, 3.05) is 51.7 Å². The van der Waals surface area contributed by atoms with Gasteiger partial charge in [-0.2, -0.15) is 5.10 Å². The average Bonchev–Trinajstić information content (AvgIpc) is 3.33. The fourth-order valence-corrected chi connectivity index (χ4v) is 6.33. The maximum absolute atomic E-state index is 13.9. The fourth-order valence-electron chi connectivity index (χ4n) is 4.90. The molecule has 1 atom stereocenters. The lowest BCUT2D eigenvalue weighted by Gasteiger charge is -2.24. The molecule has 0 unspecified atom stereocenters. The Labute approximate surface area is 253 Å². The number of aromatic nitrogens is 2. The molecule has 11 heteroatoms. The van der Waals surface area contributed by atoms with E-state index >= 15 is 0 Å². The first-order valence-corrected chi connectivity index (χ1v) is 14.7. The van der Waals surface area contributed by atoms with Crippen LogP contribution in [0.25, 0.3) is 16.9 Å². The minimum Gasteiger partial charge on any atom is -0.497 e. The highest BCUT2D eigenvalue weighted by Crippen LogP contribution is 2.51. The van der Waals surface area contributed by atoms with E-state index in [4.69, 9.17) is 30.9 Å². The number of ether oxygens (including phenoxy) is 3. The van der Waals surface area contributed by atoms with Crippen LogP contribution < -0.4 is 19.7 Å². The van der Waals surface area contributed by atoms with Gasteiger partial charge in [0.1, 0.15) is 23.9 Å². The minimum absolute atomic E-state index is 0.113. The Morgan fingerprint density at radius 3 is 2.52 bits per heavy atom. The number of benzene rings is 3. The standard InChI is InChI=1S/C31H31ClN4O5S/c1-39-16-15-33-26(37)18-35-27(38)19-42-30(22-17-21(40-2)13-14-25(22)41-3)28-29(20-9-5-4-6-10-20)34-36(31(28)35)24-12-8-7-11-23(24)32/h4-14,17,30H,15-16,18-19H2,1-3H3,(H,33,37)/t30-/m0/s1. The second-order valence-corrected chi connectivity index (χ2v) is 10.9. The number of amides is 2. The lowest BCUT2D eigenvalue weighted by molar-refractivity contribution is -0.123. The lowest BCUT2D eigenvalue weighted by atomic mass is 9.98. The van der Waals surface area contributed by atoms with Crippen LogP contribution in [-0.4, -0.2) is 68.4 Å². The third-order valence-electron chi connectivity index (χ3n) is 6.87. The molecule has 0 fully saturated rings. The predicted octanol–water partition coefficient (Wildman–Crippen LogP) is 5.14. The smallest absolute Gasteiger partial charge is 0.240 e. The molecule has 1 N–H and O–H groups in total. The monoisotopic (exact) mass is 606 g/mol. The zero-order valence-corrected chi connectivity index (χ0v) is 25.1. The molecule has 4 aromatic rings. The van der Waals surface area contributed by atoms with Crippen molar-refractivity contribution in [3.8, 4) is 28.4 Å². The summed E-state index contributed by atoms with van der Waals surface area (Å²) in [4.78, 5) is 28.5. The summed E-state index contributed by atoms with van der Waals surface area (Å²) < 4.78 is 18.1. The molecular weight excluding hydrogens is 576 g/mol. The summed E-state index contributed by atoms with van der Waals surface area (Å²) in [6.45, 7) is 0.471. The number of anilines is 1. The number of methoxy groups -OCH3 is 3. The summed E-state index contributed by atoms with van der Waals surface area (Å²) in [6.07, 6.45) is 0. The zero-order valence-electron chi connectivity index (χ0n) is 23.5. The Morgan fingerprint density at radius 2 is 1.81 bits per heavy atom. The second kappa shape index (κ2) is 13.3. The van der Waals surface area contributed by atoms with Crippen molar-refractivity contribution < 1.29 is 23.8 Å². The summed E-state index contributed by atoms with van der Waals surface area (Å²) >= 11 is 8.16. The Bertz CT molecular complexity index is 1580. The molecule has 3 aromatic carbocycles. The summed E-state index contributed by atoms with van der Waals surface area (Å²) in [7, 11) is 4.78. The molecule has 218 valence electrons. The molecule has 1 aromatic heterocycles. The summed E-state index contributed by atoms with van der Waals surface area (Å²) in [5.41, 5.74) is 3.67. The molecule has 0 spiro atoms. The number of hydrogen-bond donors (Lipinski definition) is 1. The molecule has 1 aliphatic rings. The highest BCUT2D eigenvalue weighted by molar-refractivity contribution is 8.00. The first-order valence-electron chi connectivity index (χ1n) is 13.3. The Balaban J connectivity index is 1.80. The number of para-hydroxylation sites is 1. The van der Waals surface area contributed by atoms with Gasteiger partial charge in [-0.05, 0) is 30.3 Å². The molecule has 5 rings (SSSR count). The zero-order chi connectivity index (χ0) is 29.6. The van der Waals surface area contributed by atoms with Gasteiger partial charge < -0.3 is 19.5 Å². The van der Waals surface area contributed by atoms with Crippen LogP contribution in [0.1, 0.15) is 16.4 Å². The molecule has 2 heterocycles. The first-order chi connectivity index (χ1) is 20.5. The Morgan fingerprint density at radius 1 is 1.05 bits per heavy atom. The molecule has 0 bridgehead atoms. The normalized spacial score (nSPS) is 14.7. The van der Waals surface area contributed by atoms with Crippen LogP contribution >= 0.6 is 23.4 Å². The SMILES string of the molecule is COCCNC(=O)CN1C(=O)CS[C@@H](c2cc(OC)ccc2OC)c2c(-c3ccccc3)nn(-c3ccccc3Cl)c21. The van der Waals surface area contributed by atoms with Gasteiger partial charge in [-0.15, -0.1) is 11.8 Å². The van der Waals surface area contributed by atoms with E-state index in [1.807, 2.05) is 66.7 Å². The van der Waals surface area contributed by atoms with Crippen molar-refractivity contribution in [1.29, 1.82) is 0 Å². The third kappa shape index (κ3) is 5.97. The maximum Gasteiger partial charge on any atom is 0.240 e. The highest BCUT2D eigenvalue weighted by Gasteiger charge is 2.39. The number of carbonyl (C=O) groups excluding carboxylic acids is 2. The van der Waals surface area contributed by atoms with E-state index in [1.54, 1.807) is 32.1 Å². The quantitative estimate of drug-likeness (QED) is 0.250. The van der Waals surface area contributed by atoms with Crippen LogP contribution in [-0.2, 0) is 14.3 Å². The molecule has 0 saturated carbocycles. The Kier molecular flexibility index (Phi) is 9.36. The van der Waals surface area contributed by atoms with Crippen LogP contribution in [0.4, 0.5) is 5.82 Å². The van der Waals surface area contributed by atoms with E-state index in [9.17, 15) is 9.59 Å². The van der Waals surface area contributed by atoms with Crippen molar-refractivity contribution in [2.45, 2.75) is 5.25 Å². The van der Waals surface area contributed by atoms with E-state index in [-0.39, 0.29) is 24.1 Å².